The minimum absolute atomic E-state index is 0.0895. The molecule has 5 nitrogen and oxygen atoms in total. The van der Waals surface area contributed by atoms with Gasteiger partial charge in [0.1, 0.15) is 5.75 Å². The number of aryl methyl sites for hydroxylation is 1. The predicted molar refractivity (Wildman–Crippen MR) is 105 cm³/mol. The van der Waals surface area contributed by atoms with E-state index in [0.29, 0.717) is 6.54 Å². The van der Waals surface area contributed by atoms with E-state index in [9.17, 15) is 4.79 Å². The number of hydrogen-bond acceptors (Lipinski definition) is 3. The van der Waals surface area contributed by atoms with Crippen LogP contribution < -0.4 is 19.9 Å². The van der Waals surface area contributed by atoms with Gasteiger partial charge in [-0.05, 0) is 30.2 Å². The Labute approximate surface area is 155 Å². The van der Waals surface area contributed by atoms with Gasteiger partial charge in [-0.3, -0.25) is 4.79 Å². The Bertz CT molecular complexity index is 740. The quantitative estimate of drug-likeness (QED) is 0.828. The Morgan fingerprint density at radius 1 is 1.12 bits per heavy atom. The Morgan fingerprint density at radius 3 is 2.54 bits per heavy atom. The van der Waals surface area contributed by atoms with Gasteiger partial charge in [-0.2, -0.15) is 0 Å². The monoisotopic (exact) mass is 354 g/mol. The van der Waals surface area contributed by atoms with Gasteiger partial charge in [0.05, 0.1) is 39.0 Å². The molecule has 0 saturated carbocycles. The van der Waals surface area contributed by atoms with Crippen molar-refractivity contribution in [2.45, 2.75) is 13.3 Å². The largest absolute Gasteiger partial charge is 0.495 e. The molecular formula is C21H28N3O2+. The summed E-state index contributed by atoms with van der Waals surface area (Å²) in [6, 6.07) is 16.1. The summed E-state index contributed by atoms with van der Waals surface area (Å²) in [7, 11) is 1.71. The van der Waals surface area contributed by atoms with Crippen molar-refractivity contribution in [1.82, 2.24) is 0 Å². The van der Waals surface area contributed by atoms with Crippen LogP contribution in [0.25, 0.3) is 0 Å². The fourth-order valence-electron chi connectivity index (χ4n) is 3.50. The Morgan fingerprint density at radius 2 is 1.81 bits per heavy atom. The van der Waals surface area contributed by atoms with E-state index >= 15 is 0 Å². The Hall–Kier alpha value is -2.53. The third-order valence-corrected chi connectivity index (χ3v) is 4.98. The summed E-state index contributed by atoms with van der Waals surface area (Å²) in [6.07, 6.45) is 0.918. The number of anilines is 2. The van der Waals surface area contributed by atoms with Crippen molar-refractivity contribution in [3.05, 3.63) is 54.1 Å². The van der Waals surface area contributed by atoms with Crippen LogP contribution in [0.5, 0.6) is 5.75 Å². The van der Waals surface area contributed by atoms with E-state index in [1.165, 1.54) is 10.5 Å². The number of amides is 1. The van der Waals surface area contributed by atoms with E-state index in [1.54, 1.807) is 7.11 Å². The summed E-state index contributed by atoms with van der Waals surface area (Å²) in [5.74, 6) is 0.997. The van der Waals surface area contributed by atoms with Crippen molar-refractivity contribution in [2.24, 2.45) is 0 Å². The second-order valence-corrected chi connectivity index (χ2v) is 6.64. The van der Waals surface area contributed by atoms with Crippen molar-refractivity contribution >= 4 is 17.3 Å². The molecule has 138 valence electrons. The van der Waals surface area contributed by atoms with Gasteiger partial charge in [0, 0.05) is 5.69 Å². The summed E-state index contributed by atoms with van der Waals surface area (Å²) < 4.78 is 5.47. The van der Waals surface area contributed by atoms with E-state index in [1.807, 2.05) is 36.4 Å². The van der Waals surface area contributed by atoms with Crippen molar-refractivity contribution in [3.8, 4) is 5.75 Å². The van der Waals surface area contributed by atoms with Crippen LogP contribution in [0.2, 0.25) is 0 Å². The van der Waals surface area contributed by atoms with E-state index in [2.05, 4.69) is 29.3 Å². The summed E-state index contributed by atoms with van der Waals surface area (Å²) in [6.45, 7) is 6.36. The maximum atomic E-state index is 12.4. The molecule has 0 bridgehead atoms. The lowest BCUT2D eigenvalue weighted by molar-refractivity contribution is -0.892. The molecule has 1 fully saturated rings. The number of carbonyl (C=O) groups is 1. The standard InChI is InChI=1S/C21H27N3O2/c1-3-17-8-4-5-9-18(17)22-21(25)16-23-12-14-24(15-13-23)19-10-6-7-11-20(19)26-2/h4-11H,3,12-16H2,1-2H3,(H,22,25)/p+1. The fraction of sp³-hybridized carbons (Fsp3) is 0.381. The van der Waals surface area contributed by atoms with Gasteiger partial charge in [-0.1, -0.05) is 37.3 Å². The van der Waals surface area contributed by atoms with Gasteiger partial charge in [0.25, 0.3) is 5.91 Å². The van der Waals surface area contributed by atoms with Gasteiger partial charge < -0.3 is 19.9 Å². The normalized spacial score (nSPS) is 14.9. The topological polar surface area (TPSA) is 46.0 Å². The van der Waals surface area contributed by atoms with Crippen LogP contribution in [0.3, 0.4) is 0 Å². The van der Waals surface area contributed by atoms with E-state index < -0.39 is 0 Å². The van der Waals surface area contributed by atoms with Gasteiger partial charge in [-0.15, -0.1) is 0 Å². The molecule has 2 aromatic carbocycles. The highest BCUT2D eigenvalue weighted by molar-refractivity contribution is 5.92. The van der Waals surface area contributed by atoms with Crippen molar-refractivity contribution in [3.63, 3.8) is 0 Å². The lowest BCUT2D eigenvalue weighted by atomic mass is 10.1. The number of benzene rings is 2. The molecule has 26 heavy (non-hydrogen) atoms. The summed E-state index contributed by atoms with van der Waals surface area (Å²) in [5, 5.41) is 3.08. The lowest BCUT2D eigenvalue weighted by Gasteiger charge is -2.34. The predicted octanol–water partition coefficient (Wildman–Crippen LogP) is 1.60. The highest BCUT2D eigenvalue weighted by atomic mass is 16.5. The number of ether oxygens (including phenoxy) is 1. The average Bonchev–Trinajstić information content (AvgIpc) is 2.69. The molecule has 0 spiro atoms. The van der Waals surface area contributed by atoms with Crippen LogP contribution in [-0.4, -0.2) is 45.7 Å². The lowest BCUT2D eigenvalue weighted by Crippen LogP contribution is -3.15. The highest BCUT2D eigenvalue weighted by Gasteiger charge is 2.24. The van der Waals surface area contributed by atoms with Crippen LogP contribution in [0.1, 0.15) is 12.5 Å². The zero-order valence-electron chi connectivity index (χ0n) is 15.6. The number of nitrogens with one attached hydrogen (secondary N) is 2. The first kappa shape index (κ1) is 18.3. The molecule has 1 aliphatic heterocycles. The third kappa shape index (κ3) is 4.35. The molecule has 1 aliphatic rings. The molecule has 5 heteroatoms. The van der Waals surface area contributed by atoms with Crippen LogP contribution in [0.15, 0.2) is 48.5 Å². The summed E-state index contributed by atoms with van der Waals surface area (Å²) in [4.78, 5) is 16.1. The zero-order valence-corrected chi connectivity index (χ0v) is 15.6. The number of nitrogens with zero attached hydrogens (tertiary/aromatic N) is 1. The number of quaternary nitrogens is 1. The van der Waals surface area contributed by atoms with Crippen molar-refractivity contribution in [2.75, 3.05) is 50.1 Å². The molecule has 2 N–H and O–H groups in total. The molecule has 2 aromatic rings. The highest BCUT2D eigenvalue weighted by Crippen LogP contribution is 2.27. The molecule has 0 aliphatic carbocycles. The Balaban J connectivity index is 1.53. The van der Waals surface area contributed by atoms with Crippen molar-refractivity contribution in [1.29, 1.82) is 0 Å². The second-order valence-electron chi connectivity index (χ2n) is 6.64. The fourth-order valence-corrected chi connectivity index (χ4v) is 3.50. The summed E-state index contributed by atoms with van der Waals surface area (Å²) in [5.41, 5.74) is 3.25. The first-order chi connectivity index (χ1) is 12.7. The molecule has 0 radical (unpaired) electrons. The molecule has 1 amide bonds. The van der Waals surface area contributed by atoms with Crippen LogP contribution in [0, 0.1) is 0 Å². The van der Waals surface area contributed by atoms with E-state index in [-0.39, 0.29) is 5.91 Å². The maximum Gasteiger partial charge on any atom is 0.279 e. The molecule has 1 heterocycles. The minimum atomic E-state index is 0.0895. The van der Waals surface area contributed by atoms with E-state index in [4.69, 9.17) is 4.74 Å². The summed E-state index contributed by atoms with van der Waals surface area (Å²) >= 11 is 0. The first-order valence-corrected chi connectivity index (χ1v) is 9.30. The number of carbonyl (C=O) groups excluding carboxylic acids is 1. The number of piperazine rings is 1. The SMILES string of the molecule is CCc1ccccc1NC(=O)C[NH+]1CCN(c2ccccc2OC)CC1. The number of rotatable bonds is 6. The molecule has 0 atom stereocenters. The molecule has 3 rings (SSSR count). The zero-order chi connectivity index (χ0) is 18.4. The van der Waals surface area contributed by atoms with Gasteiger partial charge in [0.2, 0.25) is 0 Å². The molecule has 1 saturated heterocycles. The van der Waals surface area contributed by atoms with E-state index in [0.717, 1.165) is 49.7 Å². The smallest absolute Gasteiger partial charge is 0.279 e. The van der Waals surface area contributed by atoms with Gasteiger partial charge in [-0.25, -0.2) is 0 Å². The second kappa shape index (κ2) is 8.72. The van der Waals surface area contributed by atoms with Gasteiger partial charge in [0.15, 0.2) is 6.54 Å². The minimum Gasteiger partial charge on any atom is -0.495 e. The first-order valence-electron chi connectivity index (χ1n) is 9.30. The number of hydrogen-bond donors (Lipinski definition) is 2. The molecular weight excluding hydrogens is 326 g/mol. The average molecular weight is 354 g/mol. The third-order valence-electron chi connectivity index (χ3n) is 4.98. The molecule has 0 unspecified atom stereocenters. The van der Waals surface area contributed by atoms with Gasteiger partial charge >= 0.3 is 0 Å². The Kier molecular flexibility index (Phi) is 6.12. The van der Waals surface area contributed by atoms with Crippen LogP contribution in [-0.2, 0) is 11.2 Å². The van der Waals surface area contributed by atoms with Crippen LogP contribution >= 0.6 is 0 Å². The molecule has 0 aromatic heterocycles. The maximum absolute atomic E-state index is 12.4. The number of methoxy groups -OCH3 is 1. The van der Waals surface area contributed by atoms with Crippen molar-refractivity contribution < 1.29 is 14.4 Å². The van der Waals surface area contributed by atoms with Crippen LogP contribution in [0.4, 0.5) is 11.4 Å². The number of para-hydroxylation sites is 3.